The molecule has 0 N–H and O–H groups in total. The first kappa shape index (κ1) is 18.6. The second-order valence-electron chi connectivity index (χ2n) is 7.50. The lowest BCUT2D eigenvalue weighted by atomic mass is 10.0. The van der Waals surface area contributed by atoms with E-state index in [4.69, 9.17) is 4.74 Å². The fourth-order valence-corrected chi connectivity index (χ4v) is 3.73. The largest absolute Gasteiger partial charge is 0.378 e. The van der Waals surface area contributed by atoms with Crippen molar-refractivity contribution < 1.29 is 9.53 Å². The Hall–Kier alpha value is -2.72. The van der Waals surface area contributed by atoms with Crippen LogP contribution in [-0.2, 0) is 4.74 Å². The third-order valence-electron chi connectivity index (χ3n) is 5.46. The van der Waals surface area contributed by atoms with Crippen molar-refractivity contribution in [2.75, 3.05) is 20.2 Å². The Morgan fingerprint density at radius 1 is 1.11 bits per heavy atom. The smallest absolute Gasteiger partial charge is 0.253 e. The van der Waals surface area contributed by atoms with E-state index in [-0.39, 0.29) is 5.91 Å². The van der Waals surface area contributed by atoms with E-state index in [9.17, 15) is 4.79 Å². The van der Waals surface area contributed by atoms with Gasteiger partial charge in [0.15, 0.2) is 0 Å². The van der Waals surface area contributed by atoms with Crippen LogP contribution in [0.1, 0.15) is 36.0 Å². The standard InChI is InChI=1S/C24H26N2O2/c1-26(14-13-22-7-4-5-15-28-22)24(27)19-11-9-18(10-12-19)21-16-20-6-2-3-8-23(20)25-17-21/h2-3,6,8-12,16-17,22H,4-5,7,13-15H2,1H3. The second kappa shape index (κ2) is 8.53. The van der Waals surface area contributed by atoms with E-state index in [2.05, 4.69) is 17.1 Å². The SMILES string of the molecule is CN(CCC1CCCCO1)C(=O)c1ccc(-c2cnc3ccccc3c2)cc1. The van der Waals surface area contributed by atoms with Gasteiger partial charge in [-0.25, -0.2) is 0 Å². The number of carbonyl (C=O) groups excluding carboxylic acids is 1. The maximum Gasteiger partial charge on any atom is 0.253 e. The molecule has 2 aromatic carbocycles. The van der Waals surface area contributed by atoms with Crippen LogP contribution in [0.3, 0.4) is 0 Å². The van der Waals surface area contributed by atoms with Crippen molar-refractivity contribution in [1.82, 2.24) is 9.88 Å². The molecular weight excluding hydrogens is 348 g/mol. The normalized spacial score (nSPS) is 16.8. The zero-order valence-electron chi connectivity index (χ0n) is 16.3. The van der Waals surface area contributed by atoms with Crippen molar-refractivity contribution in [2.45, 2.75) is 31.8 Å². The quantitative estimate of drug-likeness (QED) is 0.636. The van der Waals surface area contributed by atoms with Crippen molar-refractivity contribution in [1.29, 1.82) is 0 Å². The Morgan fingerprint density at radius 3 is 2.71 bits per heavy atom. The number of rotatable bonds is 5. The first-order valence-electron chi connectivity index (χ1n) is 10.0. The highest BCUT2D eigenvalue weighted by Gasteiger charge is 2.17. The van der Waals surface area contributed by atoms with E-state index >= 15 is 0 Å². The highest BCUT2D eigenvalue weighted by Crippen LogP contribution is 2.23. The topological polar surface area (TPSA) is 42.4 Å². The zero-order valence-corrected chi connectivity index (χ0v) is 16.3. The minimum Gasteiger partial charge on any atom is -0.378 e. The second-order valence-corrected chi connectivity index (χ2v) is 7.50. The molecule has 4 nitrogen and oxygen atoms in total. The number of aromatic nitrogens is 1. The Bertz CT molecular complexity index is 946. The van der Waals surface area contributed by atoms with Crippen molar-refractivity contribution in [3.05, 3.63) is 66.4 Å². The van der Waals surface area contributed by atoms with Crippen LogP contribution >= 0.6 is 0 Å². The van der Waals surface area contributed by atoms with E-state index in [0.29, 0.717) is 11.7 Å². The van der Waals surface area contributed by atoms with Crippen LogP contribution in [0.15, 0.2) is 60.8 Å². The molecule has 1 unspecified atom stereocenters. The van der Waals surface area contributed by atoms with Crippen LogP contribution in [0.2, 0.25) is 0 Å². The number of benzene rings is 2. The average molecular weight is 374 g/mol. The number of para-hydroxylation sites is 1. The molecule has 4 heteroatoms. The minimum absolute atomic E-state index is 0.0546. The van der Waals surface area contributed by atoms with Crippen molar-refractivity contribution in [3.8, 4) is 11.1 Å². The maximum absolute atomic E-state index is 12.7. The molecule has 144 valence electrons. The van der Waals surface area contributed by atoms with Gasteiger partial charge < -0.3 is 9.64 Å². The van der Waals surface area contributed by atoms with Gasteiger partial charge in [0.2, 0.25) is 0 Å². The Morgan fingerprint density at radius 2 is 1.93 bits per heavy atom. The van der Waals surface area contributed by atoms with Gasteiger partial charge >= 0.3 is 0 Å². The van der Waals surface area contributed by atoms with Crippen molar-refractivity contribution >= 4 is 16.8 Å². The van der Waals surface area contributed by atoms with Gasteiger partial charge in [0.05, 0.1) is 11.6 Å². The van der Waals surface area contributed by atoms with E-state index < -0.39 is 0 Å². The molecule has 1 aliphatic rings. The lowest BCUT2D eigenvalue weighted by molar-refractivity contribution is 0.00709. The summed E-state index contributed by atoms with van der Waals surface area (Å²) in [5.74, 6) is 0.0546. The predicted octanol–water partition coefficient (Wildman–Crippen LogP) is 4.93. The molecule has 0 spiro atoms. The van der Waals surface area contributed by atoms with Crippen LogP contribution in [-0.4, -0.2) is 42.1 Å². The molecule has 1 aromatic heterocycles. The summed E-state index contributed by atoms with van der Waals surface area (Å²) < 4.78 is 5.77. The molecule has 1 atom stereocenters. The average Bonchev–Trinajstić information content (AvgIpc) is 2.77. The van der Waals surface area contributed by atoms with Gasteiger partial charge in [-0.3, -0.25) is 9.78 Å². The molecule has 4 rings (SSSR count). The number of hydrogen-bond donors (Lipinski definition) is 0. The number of ether oxygens (including phenoxy) is 1. The zero-order chi connectivity index (χ0) is 19.3. The summed E-state index contributed by atoms with van der Waals surface area (Å²) in [5, 5.41) is 1.12. The number of amides is 1. The first-order valence-corrected chi connectivity index (χ1v) is 10.0. The highest BCUT2D eigenvalue weighted by atomic mass is 16.5. The minimum atomic E-state index is 0.0546. The third kappa shape index (κ3) is 4.23. The summed E-state index contributed by atoms with van der Waals surface area (Å²) in [7, 11) is 1.87. The van der Waals surface area contributed by atoms with E-state index in [1.165, 1.54) is 6.42 Å². The summed E-state index contributed by atoms with van der Waals surface area (Å²) >= 11 is 0. The lowest BCUT2D eigenvalue weighted by Gasteiger charge is -2.25. The number of carbonyl (C=O) groups is 1. The molecule has 28 heavy (non-hydrogen) atoms. The van der Waals surface area contributed by atoms with Crippen molar-refractivity contribution in [2.24, 2.45) is 0 Å². The molecule has 1 saturated heterocycles. The predicted molar refractivity (Wildman–Crippen MR) is 112 cm³/mol. The van der Waals surface area contributed by atoms with Gasteiger partial charge in [-0.05, 0) is 55.5 Å². The van der Waals surface area contributed by atoms with Crippen molar-refractivity contribution in [3.63, 3.8) is 0 Å². The molecular formula is C24H26N2O2. The fraction of sp³-hybridized carbons (Fsp3) is 0.333. The monoisotopic (exact) mass is 374 g/mol. The fourth-order valence-electron chi connectivity index (χ4n) is 3.73. The Balaban J connectivity index is 1.42. The first-order chi connectivity index (χ1) is 13.7. The van der Waals surface area contributed by atoms with Gasteiger partial charge in [0.1, 0.15) is 0 Å². The van der Waals surface area contributed by atoms with Gasteiger partial charge in [-0.2, -0.15) is 0 Å². The molecule has 3 aromatic rings. The number of nitrogens with zero attached hydrogens (tertiary/aromatic N) is 2. The number of pyridine rings is 1. The molecule has 1 amide bonds. The summed E-state index contributed by atoms with van der Waals surface area (Å²) in [6, 6.07) is 18.0. The van der Waals surface area contributed by atoms with Crippen LogP contribution in [0.5, 0.6) is 0 Å². The molecule has 0 radical (unpaired) electrons. The summed E-state index contributed by atoms with van der Waals surface area (Å²) in [5.41, 5.74) is 3.82. The van der Waals surface area contributed by atoms with E-state index in [1.807, 2.05) is 55.7 Å². The Kier molecular flexibility index (Phi) is 5.68. The molecule has 2 heterocycles. The molecule has 1 fully saturated rings. The summed E-state index contributed by atoms with van der Waals surface area (Å²) in [6.45, 7) is 1.58. The number of hydrogen-bond acceptors (Lipinski definition) is 3. The highest BCUT2D eigenvalue weighted by molar-refractivity contribution is 5.94. The van der Waals surface area contributed by atoms with Crippen LogP contribution in [0.4, 0.5) is 0 Å². The molecule has 0 saturated carbocycles. The summed E-state index contributed by atoms with van der Waals surface area (Å²) in [6.07, 6.45) is 6.58. The van der Waals surface area contributed by atoms with Gasteiger partial charge in [-0.15, -0.1) is 0 Å². The maximum atomic E-state index is 12.7. The summed E-state index contributed by atoms with van der Waals surface area (Å²) in [4.78, 5) is 19.0. The van der Waals surface area contributed by atoms with Crippen LogP contribution in [0, 0.1) is 0 Å². The van der Waals surface area contributed by atoms with Gasteiger partial charge in [0.25, 0.3) is 5.91 Å². The van der Waals surface area contributed by atoms with E-state index in [0.717, 1.165) is 54.4 Å². The third-order valence-corrected chi connectivity index (χ3v) is 5.46. The van der Waals surface area contributed by atoms with Gasteiger partial charge in [0, 0.05) is 42.9 Å². The van der Waals surface area contributed by atoms with Crippen LogP contribution in [0.25, 0.3) is 22.0 Å². The Labute approximate surface area is 166 Å². The molecule has 0 aliphatic carbocycles. The molecule has 1 aliphatic heterocycles. The van der Waals surface area contributed by atoms with Crippen LogP contribution < -0.4 is 0 Å². The van der Waals surface area contributed by atoms with Gasteiger partial charge in [-0.1, -0.05) is 30.3 Å². The number of fused-ring (bicyclic) bond motifs is 1. The van der Waals surface area contributed by atoms with E-state index in [1.54, 1.807) is 4.90 Å². The molecule has 0 bridgehead atoms. The lowest BCUT2D eigenvalue weighted by Crippen LogP contribution is -2.31.